The van der Waals surface area contributed by atoms with Crippen molar-refractivity contribution >= 4 is 33.2 Å². The fraction of sp³-hybridized carbons (Fsp3) is 0.533. The van der Waals surface area contributed by atoms with Crippen LogP contribution in [0.5, 0.6) is 0 Å². The molecule has 0 atom stereocenters. The molecule has 0 spiro atoms. The molecular formula is C15H21BrN2O. The van der Waals surface area contributed by atoms with Crippen LogP contribution >= 0.6 is 15.9 Å². The Labute approximate surface area is 123 Å². The van der Waals surface area contributed by atoms with Gasteiger partial charge in [-0.1, -0.05) is 19.3 Å². The Kier molecular flexibility index (Phi) is 4.86. The molecule has 1 fully saturated rings. The maximum absolute atomic E-state index is 12.1. The molecule has 0 heterocycles. The third-order valence-corrected chi connectivity index (χ3v) is 4.48. The molecule has 1 aliphatic rings. The zero-order valence-electron chi connectivity index (χ0n) is 11.3. The van der Waals surface area contributed by atoms with E-state index in [2.05, 4.69) is 21.2 Å². The lowest BCUT2D eigenvalue weighted by atomic mass is 9.87. The van der Waals surface area contributed by atoms with Gasteiger partial charge in [-0.15, -0.1) is 0 Å². The van der Waals surface area contributed by atoms with Crippen LogP contribution in [0, 0.1) is 12.8 Å². The van der Waals surface area contributed by atoms with Crippen molar-refractivity contribution in [3.05, 3.63) is 22.2 Å². The number of aryl methyl sites for hydroxylation is 1. The topological polar surface area (TPSA) is 55.1 Å². The van der Waals surface area contributed by atoms with Gasteiger partial charge in [0.2, 0.25) is 5.91 Å². The fourth-order valence-corrected chi connectivity index (χ4v) is 3.20. The molecule has 1 aromatic rings. The molecule has 0 saturated heterocycles. The molecule has 1 saturated carbocycles. The number of carbonyl (C=O) groups excluding carboxylic acids is 1. The highest BCUT2D eigenvalue weighted by Crippen LogP contribution is 2.30. The van der Waals surface area contributed by atoms with Gasteiger partial charge in [-0.25, -0.2) is 0 Å². The minimum absolute atomic E-state index is 0.0934. The summed E-state index contributed by atoms with van der Waals surface area (Å²) in [6.07, 6.45) is 6.84. The van der Waals surface area contributed by atoms with Crippen molar-refractivity contribution in [1.82, 2.24) is 0 Å². The third-order valence-electron chi connectivity index (χ3n) is 3.83. The van der Waals surface area contributed by atoms with Crippen molar-refractivity contribution in [3.8, 4) is 0 Å². The predicted molar refractivity (Wildman–Crippen MR) is 83.1 cm³/mol. The molecule has 0 bridgehead atoms. The average molecular weight is 325 g/mol. The molecule has 2 rings (SSSR count). The Morgan fingerprint density at radius 2 is 2.05 bits per heavy atom. The number of nitrogens with two attached hydrogens (primary N) is 1. The van der Waals surface area contributed by atoms with E-state index in [1.54, 1.807) is 0 Å². The molecule has 1 aromatic carbocycles. The molecule has 4 heteroatoms. The molecule has 1 amide bonds. The van der Waals surface area contributed by atoms with E-state index < -0.39 is 0 Å². The van der Waals surface area contributed by atoms with E-state index in [4.69, 9.17) is 5.73 Å². The minimum atomic E-state index is 0.0934. The lowest BCUT2D eigenvalue weighted by molar-refractivity contribution is -0.117. The summed E-state index contributed by atoms with van der Waals surface area (Å²) in [6, 6.07) is 3.75. The van der Waals surface area contributed by atoms with Crippen LogP contribution in [0.15, 0.2) is 16.6 Å². The lowest BCUT2D eigenvalue weighted by Crippen LogP contribution is -2.18. The number of nitrogen functional groups attached to an aromatic ring is 1. The lowest BCUT2D eigenvalue weighted by Gasteiger charge is -2.21. The molecule has 104 valence electrons. The molecule has 1 aliphatic carbocycles. The van der Waals surface area contributed by atoms with Crippen LogP contribution in [0.3, 0.4) is 0 Å². The van der Waals surface area contributed by atoms with Gasteiger partial charge in [0.05, 0.1) is 5.69 Å². The van der Waals surface area contributed by atoms with Crippen molar-refractivity contribution in [1.29, 1.82) is 0 Å². The number of benzene rings is 1. The first kappa shape index (κ1) is 14.4. The van der Waals surface area contributed by atoms with E-state index in [0.717, 1.165) is 15.7 Å². The number of carbonyl (C=O) groups is 1. The Hall–Kier alpha value is -1.03. The molecule has 0 unspecified atom stereocenters. The normalized spacial score (nSPS) is 16.3. The monoisotopic (exact) mass is 324 g/mol. The fourth-order valence-electron chi connectivity index (χ4n) is 2.64. The van der Waals surface area contributed by atoms with Gasteiger partial charge in [-0.2, -0.15) is 0 Å². The van der Waals surface area contributed by atoms with Crippen LogP contribution < -0.4 is 11.1 Å². The largest absolute Gasteiger partial charge is 0.398 e. The van der Waals surface area contributed by atoms with Crippen molar-refractivity contribution in [3.63, 3.8) is 0 Å². The maximum atomic E-state index is 12.1. The molecule has 0 aromatic heterocycles. The number of anilines is 2. The minimum Gasteiger partial charge on any atom is -0.398 e. The summed E-state index contributed by atoms with van der Waals surface area (Å²) in [4.78, 5) is 12.1. The summed E-state index contributed by atoms with van der Waals surface area (Å²) < 4.78 is 0.885. The number of amides is 1. The second-order valence-corrected chi connectivity index (χ2v) is 6.30. The smallest absolute Gasteiger partial charge is 0.224 e. The first-order valence-electron chi connectivity index (χ1n) is 6.91. The highest BCUT2D eigenvalue weighted by atomic mass is 79.9. The Balaban J connectivity index is 1.96. The summed E-state index contributed by atoms with van der Waals surface area (Å²) >= 11 is 3.46. The summed E-state index contributed by atoms with van der Waals surface area (Å²) in [6.45, 7) is 1.95. The van der Waals surface area contributed by atoms with Gasteiger partial charge in [0.15, 0.2) is 0 Å². The zero-order chi connectivity index (χ0) is 13.8. The molecule has 0 radical (unpaired) electrons. The van der Waals surface area contributed by atoms with Gasteiger partial charge in [-0.05, 0) is 59.3 Å². The number of rotatable bonds is 3. The molecule has 19 heavy (non-hydrogen) atoms. The highest BCUT2D eigenvalue weighted by molar-refractivity contribution is 9.10. The van der Waals surface area contributed by atoms with Crippen molar-refractivity contribution in [2.75, 3.05) is 11.1 Å². The Morgan fingerprint density at radius 3 is 2.74 bits per heavy atom. The summed E-state index contributed by atoms with van der Waals surface area (Å²) in [7, 11) is 0. The first-order chi connectivity index (χ1) is 9.06. The first-order valence-corrected chi connectivity index (χ1v) is 7.71. The van der Waals surface area contributed by atoms with E-state index in [9.17, 15) is 4.79 Å². The van der Waals surface area contributed by atoms with Gasteiger partial charge in [0.1, 0.15) is 0 Å². The van der Waals surface area contributed by atoms with Crippen LogP contribution in [-0.4, -0.2) is 5.91 Å². The van der Waals surface area contributed by atoms with Crippen LogP contribution in [-0.2, 0) is 4.79 Å². The Bertz CT molecular complexity index is 467. The Morgan fingerprint density at radius 1 is 1.37 bits per heavy atom. The van der Waals surface area contributed by atoms with E-state index in [0.29, 0.717) is 18.0 Å². The van der Waals surface area contributed by atoms with Crippen LogP contribution in [0.4, 0.5) is 11.4 Å². The number of hydrogen-bond acceptors (Lipinski definition) is 2. The van der Waals surface area contributed by atoms with Gasteiger partial charge in [0, 0.05) is 16.6 Å². The second kappa shape index (κ2) is 6.42. The number of hydrogen-bond donors (Lipinski definition) is 2. The van der Waals surface area contributed by atoms with E-state index in [1.165, 1.54) is 32.1 Å². The number of nitrogens with one attached hydrogen (secondary N) is 1. The van der Waals surface area contributed by atoms with Crippen molar-refractivity contribution in [2.45, 2.75) is 45.4 Å². The standard InChI is InChI=1S/C15H21BrN2O/c1-10-7-12(16)14(9-13(10)17)18-15(19)8-11-5-3-2-4-6-11/h7,9,11H,2-6,8,17H2,1H3,(H,18,19). The SMILES string of the molecule is Cc1cc(Br)c(NC(=O)CC2CCCCC2)cc1N. The molecule has 3 nitrogen and oxygen atoms in total. The highest BCUT2D eigenvalue weighted by Gasteiger charge is 2.17. The van der Waals surface area contributed by atoms with Crippen LogP contribution in [0.2, 0.25) is 0 Å². The maximum Gasteiger partial charge on any atom is 0.224 e. The molecular weight excluding hydrogens is 304 g/mol. The van der Waals surface area contributed by atoms with E-state index in [1.807, 2.05) is 19.1 Å². The van der Waals surface area contributed by atoms with Gasteiger partial charge < -0.3 is 11.1 Å². The third kappa shape index (κ3) is 3.96. The van der Waals surface area contributed by atoms with Gasteiger partial charge >= 0.3 is 0 Å². The quantitative estimate of drug-likeness (QED) is 0.816. The number of halogens is 1. The second-order valence-electron chi connectivity index (χ2n) is 5.44. The van der Waals surface area contributed by atoms with Crippen molar-refractivity contribution < 1.29 is 4.79 Å². The average Bonchev–Trinajstić information content (AvgIpc) is 2.37. The summed E-state index contributed by atoms with van der Waals surface area (Å²) in [5.41, 5.74) is 8.36. The van der Waals surface area contributed by atoms with Crippen LogP contribution in [0.25, 0.3) is 0 Å². The van der Waals surface area contributed by atoms with E-state index >= 15 is 0 Å². The van der Waals surface area contributed by atoms with Crippen LogP contribution in [0.1, 0.15) is 44.1 Å². The van der Waals surface area contributed by atoms with Gasteiger partial charge in [-0.3, -0.25) is 4.79 Å². The molecule has 3 N–H and O–H groups in total. The van der Waals surface area contributed by atoms with Crippen molar-refractivity contribution in [2.24, 2.45) is 5.92 Å². The van der Waals surface area contributed by atoms with Gasteiger partial charge in [0.25, 0.3) is 0 Å². The predicted octanol–water partition coefficient (Wildman–Crippen LogP) is 4.25. The zero-order valence-corrected chi connectivity index (χ0v) is 12.9. The molecule has 0 aliphatic heterocycles. The van der Waals surface area contributed by atoms with E-state index in [-0.39, 0.29) is 5.91 Å². The summed E-state index contributed by atoms with van der Waals surface area (Å²) in [5.74, 6) is 0.645. The summed E-state index contributed by atoms with van der Waals surface area (Å²) in [5, 5.41) is 2.96.